The van der Waals surface area contributed by atoms with Gasteiger partial charge < -0.3 is 10.2 Å². The number of hydrogen-bond acceptors (Lipinski definition) is 5. The summed E-state index contributed by atoms with van der Waals surface area (Å²) in [6.45, 7) is 4.00. The van der Waals surface area contributed by atoms with E-state index in [9.17, 15) is 0 Å². The number of fused-ring (bicyclic) bond motifs is 1. The van der Waals surface area contributed by atoms with E-state index < -0.39 is 0 Å². The Kier molecular flexibility index (Phi) is 3.30. The van der Waals surface area contributed by atoms with Gasteiger partial charge in [0.15, 0.2) is 5.58 Å². The van der Waals surface area contributed by atoms with Crippen molar-refractivity contribution >= 4 is 22.8 Å². The lowest BCUT2D eigenvalue weighted by Crippen LogP contribution is -1.87. The van der Waals surface area contributed by atoms with Gasteiger partial charge >= 0.3 is 0 Å². The molecular formula is C9H13N3O2. The first-order valence-corrected chi connectivity index (χ1v) is 4.36. The molecule has 76 valence electrons. The van der Waals surface area contributed by atoms with Crippen LogP contribution >= 0.6 is 0 Å². The van der Waals surface area contributed by atoms with Gasteiger partial charge in [-0.2, -0.15) is 4.98 Å². The molecule has 1 aromatic heterocycles. The third-order valence-corrected chi connectivity index (χ3v) is 1.53. The molecule has 2 aromatic rings. The number of nitrogens with two attached hydrogens (primary N) is 1. The van der Waals surface area contributed by atoms with E-state index in [-0.39, 0.29) is 6.01 Å². The lowest BCUT2D eigenvalue weighted by Gasteiger charge is -1.94. The van der Waals surface area contributed by atoms with Crippen molar-refractivity contribution in [1.29, 1.82) is 0 Å². The minimum absolute atomic E-state index is 0.125. The number of anilines is 2. The summed E-state index contributed by atoms with van der Waals surface area (Å²) < 4.78 is 5.02. The third-order valence-electron chi connectivity index (χ3n) is 1.53. The van der Waals surface area contributed by atoms with E-state index in [0.717, 1.165) is 0 Å². The molecule has 0 saturated carbocycles. The van der Waals surface area contributed by atoms with Crippen LogP contribution in [0.5, 0.6) is 0 Å². The fraction of sp³-hybridized carbons (Fsp3) is 0.222. The molecule has 0 spiro atoms. The fourth-order valence-corrected chi connectivity index (χ4v) is 1.01. The second-order valence-corrected chi connectivity index (χ2v) is 2.35. The highest BCUT2D eigenvalue weighted by Crippen LogP contribution is 2.20. The van der Waals surface area contributed by atoms with Crippen molar-refractivity contribution in [2.45, 2.75) is 13.8 Å². The van der Waals surface area contributed by atoms with E-state index in [1.165, 1.54) is 0 Å². The Balaban J connectivity index is 0.000000461. The summed E-state index contributed by atoms with van der Waals surface area (Å²) in [5.41, 5.74) is 9.10. The van der Waals surface area contributed by atoms with E-state index in [0.29, 0.717) is 16.8 Å². The Labute approximate surface area is 81.5 Å². The number of rotatable bonds is 1. The zero-order valence-electron chi connectivity index (χ0n) is 8.11. The molecule has 0 amide bonds. The summed E-state index contributed by atoms with van der Waals surface area (Å²) in [5.74, 6) is 0. The first-order chi connectivity index (χ1) is 6.79. The van der Waals surface area contributed by atoms with Gasteiger partial charge in [-0.05, 0) is 18.2 Å². The molecule has 0 aliphatic rings. The quantitative estimate of drug-likeness (QED) is 0.607. The van der Waals surface area contributed by atoms with Gasteiger partial charge in [-0.3, -0.25) is 10.7 Å². The Morgan fingerprint density at radius 1 is 1.43 bits per heavy atom. The average molecular weight is 195 g/mol. The highest BCUT2D eigenvalue weighted by molar-refractivity contribution is 5.78. The van der Waals surface area contributed by atoms with Crippen molar-refractivity contribution < 1.29 is 9.62 Å². The number of hydrogen-bond donors (Lipinski definition) is 3. The molecule has 1 aromatic carbocycles. The van der Waals surface area contributed by atoms with Crippen LogP contribution in [0.4, 0.5) is 11.7 Å². The minimum Gasteiger partial charge on any atom is -0.424 e. The lowest BCUT2D eigenvalue weighted by atomic mass is 10.3. The molecule has 0 atom stereocenters. The molecule has 0 saturated heterocycles. The minimum atomic E-state index is 0.125. The van der Waals surface area contributed by atoms with Crippen molar-refractivity contribution in [2.75, 3.05) is 11.2 Å². The molecule has 0 bridgehead atoms. The first-order valence-electron chi connectivity index (χ1n) is 4.36. The molecule has 0 fully saturated rings. The van der Waals surface area contributed by atoms with Crippen LogP contribution in [0.1, 0.15) is 13.8 Å². The summed E-state index contributed by atoms with van der Waals surface area (Å²) in [7, 11) is 0. The fourth-order valence-electron chi connectivity index (χ4n) is 1.01. The van der Waals surface area contributed by atoms with Gasteiger partial charge in [0.1, 0.15) is 5.52 Å². The molecular weight excluding hydrogens is 182 g/mol. The highest BCUT2D eigenvalue weighted by atomic mass is 16.5. The average Bonchev–Trinajstić information content (AvgIpc) is 2.59. The normalized spacial score (nSPS) is 9.36. The molecule has 14 heavy (non-hydrogen) atoms. The number of nitrogens with zero attached hydrogens (tertiary/aromatic N) is 1. The van der Waals surface area contributed by atoms with Crippen LogP contribution in [0.25, 0.3) is 11.1 Å². The number of aromatic nitrogens is 1. The summed E-state index contributed by atoms with van der Waals surface area (Å²) >= 11 is 0. The summed E-state index contributed by atoms with van der Waals surface area (Å²) in [4.78, 5) is 3.88. The van der Waals surface area contributed by atoms with E-state index in [1.807, 2.05) is 19.3 Å². The summed E-state index contributed by atoms with van der Waals surface area (Å²) in [5, 5.41) is 8.56. The van der Waals surface area contributed by atoms with Crippen LogP contribution in [0, 0.1) is 0 Å². The SMILES string of the molecule is CC.Nc1nc2cc(NO)ccc2o1. The Morgan fingerprint density at radius 3 is 2.79 bits per heavy atom. The molecule has 0 aliphatic carbocycles. The molecule has 4 N–H and O–H groups in total. The van der Waals surface area contributed by atoms with Crippen molar-refractivity contribution in [1.82, 2.24) is 4.98 Å². The Bertz CT molecular complexity index is 411. The maximum absolute atomic E-state index is 8.56. The zero-order chi connectivity index (χ0) is 10.6. The van der Waals surface area contributed by atoms with Gasteiger partial charge in [0.05, 0.1) is 5.69 Å². The molecule has 2 rings (SSSR count). The molecule has 5 heteroatoms. The van der Waals surface area contributed by atoms with Gasteiger partial charge in [-0.1, -0.05) is 13.8 Å². The lowest BCUT2D eigenvalue weighted by molar-refractivity contribution is 0.389. The van der Waals surface area contributed by atoms with Gasteiger partial charge in [0, 0.05) is 0 Å². The number of benzene rings is 1. The van der Waals surface area contributed by atoms with E-state index in [2.05, 4.69) is 4.98 Å². The van der Waals surface area contributed by atoms with Crippen LogP contribution in [0.15, 0.2) is 22.6 Å². The van der Waals surface area contributed by atoms with Crippen LogP contribution in [0.3, 0.4) is 0 Å². The first kappa shape index (κ1) is 10.3. The summed E-state index contributed by atoms with van der Waals surface area (Å²) in [6, 6.07) is 5.10. The standard InChI is InChI=1S/C7H7N3O2.C2H6/c8-7-9-5-3-4(10-11)1-2-6(5)12-7;1-2/h1-3,10-11H,(H2,8,9);1-2H3. The monoisotopic (exact) mass is 195 g/mol. The third kappa shape index (κ3) is 1.94. The number of nitrogens with one attached hydrogen (secondary N) is 1. The molecule has 0 unspecified atom stereocenters. The Hall–Kier alpha value is -1.75. The van der Waals surface area contributed by atoms with E-state index in [1.54, 1.807) is 18.2 Å². The van der Waals surface area contributed by atoms with Crippen LogP contribution in [0.2, 0.25) is 0 Å². The number of nitrogen functional groups attached to an aromatic ring is 1. The Morgan fingerprint density at radius 2 is 2.14 bits per heavy atom. The van der Waals surface area contributed by atoms with Gasteiger partial charge in [0.25, 0.3) is 6.01 Å². The van der Waals surface area contributed by atoms with Gasteiger partial charge in [-0.15, -0.1) is 0 Å². The van der Waals surface area contributed by atoms with Crippen LogP contribution in [-0.4, -0.2) is 10.2 Å². The van der Waals surface area contributed by atoms with E-state index >= 15 is 0 Å². The summed E-state index contributed by atoms with van der Waals surface area (Å²) in [6.07, 6.45) is 0. The zero-order valence-corrected chi connectivity index (χ0v) is 8.11. The number of oxazole rings is 1. The second-order valence-electron chi connectivity index (χ2n) is 2.35. The molecule has 0 aliphatic heterocycles. The van der Waals surface area contributed by atoms with Crippen molar-refractivity contribution in [3.05, 3.63) is 18.2 Å². The molecule has 0 radical (unpaired) electrons. The smallest absolute Gasteiger partial charge is 0.292 e. The van der Waals surface area contributed by atoms with E-state index in [4.69, 9.17) is 15.4 Å². The molecule has 1 heterocycles. The topological polar surface area (TPSA) is 84.3 Å². The van der Waals surface area contributed by atoms with Gasteiger partial charge in [-0.25, -0.2) is 0 Å². The van der Waals surface area contributed by atoms with Gasteiger partial charge in [0.2, 0.25) is 0 Å². The maximum Gasteiger partial charge on any atom is 0.292 e. The van der Waals surface area contributed by atoms with Crippen LogP contribution < -0.4 is 11.2 Å². The van der Waals surface area contributed by atoms with Crippen LogP contribution in [-0.2, 0) is 0 Å². The highest BCUT2D eigenvalue weighted by Gasteiger charge is 2.02. The van der Waals surface area contributed by atoms with Crippen molar-refractivity contribution in [3.63, 3.8) is 0 Å². The predicted molar refractivity (Wildman–Crippen MR) is 55.2 cm³/mol. The second kappa shape index (κ2) is 4.48. The predicted octanol–water partition coefficient (Wildman–Crippen LogP) is 2.24. The van der Waals surface area contributed by atoms with Crippen molar-refractivity contribution in [2.24, 2.45) is 0 Å². The maximum atomic E-state index is 8.56. The largest absolute Gasteiger partial charge is 0.424 e. The molecule has 5 nitrogen and oxygen atoms in total. The van der Waals surface area contributed by atoms with Crippen molar-refractivity contribution in [3.8, 4) is 0 Å².